The fraction of sp³-hybridized carbons (Fsp3) is 0.920. The van der Waals surface area contributed by atoms with Gasteiger partial charge in [0, 0.05) is 12.8 Å². The van der Waals surface area contributed by atoms with E-state index in [4.69, 9.17) is 18.5 Å². The predicted octanol–water partition coefficient (Wildman–Crippen LogP) is 11.0. The van der Waals surface area contributed by atoms with E-state index in [0.29, 0.717) is 12.8 Å². The highest BCUT2D eigenvalue weighted by Crippen LogP contribution is 2.47. The Morgan fingerprint density at radius 2 is 0.797 bits per heavy atom. The van der Waals surface area contributed by atoms with Crippen molar-refractivity contribution in [1.82, 2.24) is 0 Å². The Morgan fingerprint density at radius 1 is 0.469 bits per heavy atom. The summed E-state index contributed by atoms with van der Waals surface area (Å²) in [4.78, 5) is 35.8. The van der Waals surface area contributed by atoms with Crippen LogP contribution in [0.1, 0.15) is 239 Å². The molecule has 14 heteroatoms. The summed E-state index contributed by atoms with van der Waals surface area (Å²) in [5, 5.41) is 50.2. The van der Waals surface area contributed by atoms with Crippen LogP contribution in [0, 0.1) is 0 Å². The van der Waals surface area contributed by atoms with E-state index >= 15 is 0 Å². The van der Waals surface area contributed by atoms with Crippen LogP contribution < -0.4 is 0 Å². The molecule has 8 atom stereocenters. The molecule has 1 saturated carbocycles. The molecule has 64 heavy (non-hydrogen) atoms. The van der Waals surface area contributed by atoms with Crippen LogP contribution in [0.15, 0.2) is 12.2 Å². The molecule has 1 aliphatic carbocycles. The number of esters is 2. The Hall–Kier alpha value is -1.41. The maximum absolute atomic E-state index is 12.8. The summed E-state index contributed by atoms with van der Waals surface area (Å²) in [6, 6.07) is 0. The zero-order valence-corrected chi connectivity index (χ0v) is 41.2. The molecule has 0 aromatic heterocycles. The number of aliphatic hydroxyl groups excluding tert-OH is 5. The van der Waals surface area contributed by atoms with Gasteiger partial charge < -0.3 is 39.9 Å². The molecule has 1 rings (SSSR count). The van der Waals surface area contributed by atoms with Crippen LogP contribution in [0.25, 0.3) is 0 Å². The van der Waals surface area contributed by atoms with Crippen molar-refractivity contribution >= 4 is 19.8 Å². The van der Waals surface area contributed by atoms with E-state index in [1.54, 1.807) is 0 Å². The summed E-state index contributed by atoms with van der Waals surface area (Å²) < 4.78 is 33.6. The van der Waals surface area contributed by atoms with E-state index in [1.807, 2.05) is 0 Å². The molecule has 0 bridgehead atoms. The van der Waals surface area contributed by atoms with Crippen molar-refractivity contribution in [3.05, 3.63) is 12.2 Å². The van der Waals surface area contributed by atoms with Gasteiger partial charge >= 0.3 is 19.8 Å². The fourth-order valence-corrected chi connectivity index (χ4v) is 9.14. The number of carbonyl (C=O) groups excluding carboxylic acids is 2. The Kier molecular flexibility index (Phi) is 38.5. The standard InChI is InChI=1S/C50H95O13P/c1-3-5-7-9-11-13-15-17-19-20-21-22-23-25-27-29-31-33-35-37-39-44(52)62-42(41-61-64(58,59)63-50-48(56)46(54)45(53)47(55)49(50)57)40-60-43(51)38-36-34-32-30-28-26-24-18-16-14-12-10-8-6-4-2/h28,30,42,45-50,53-57H,3-27,29,31-41H2,1-2H3,(H,58,59)/b30-28+/t42-,45?,46-,47?,48?,49?,50?/m1/s1. The molecule has 0 aromatic rings. The smallest absolute Gasteiger partial charge is 0.462 e. The molecule has 1 aliphatic rings. The number of phosphoric acid groups is 1. The summed E-state index contributed by atoms with van der Waals surface area (Å²) in [7, 11) is -5.12. The number of hydrogen-bond acceptors (Lipinski definition) is 12. The highest BCUT2D eigenvalue weighted by atomic mass is 31.2. The second-order valence-corrected chi connectivity index (χ2v) is 19.8. The molecule has 6 N–H and O–H groups in total. The SMILES string of the molecule is CCCCCCCCCCC/C=C/CCCCC(=O)OC[C@H](COP(=O)(O)OC1C(O)C(O)C(O)[C@@H](O)C1O)OC(=O)CCCCCCCCCCCCCCCCCCCCCC. The fourth-order valence-electron chi connectivity index (χ4n) is 8.17. The van der Waals surface area contributed by atoms with Gasteiger partial charge in [-0.2, -0.15) is 0 Å². The number of ether oxygens (including phenoxy) is 2. The van der Waals surface area contributed by atoms with Gasteiger partial charge in [0.15, 0.2) is 6.10 Å². The summed E-state index contributed by atoms with van der Waals surface area (Å²) in [5.74, 6) is -1.11. The lowest BCUT2D eigenvalue weighted by molar-refractivity contribution is -0.220. The summed E-state index contributed by atoms with van der Waals surface area (Å²) in [6.45, 7) is 3.32. The van der Waals surface area contributed by atoms with Crippen molar-refractivity contribution in [2.45, 2.75) is 281 Å². The van der Waals surface area contributed by atoms with Crippen LogP contribution in [-0.2, 0) is 32.7 Å². The number of aliphatic hydroxyl groups is 5. The minimum atomic E-state index is -5.12. The van der Waals surface area contributed by atoms with Gasteiger partial charge in [0.05, 0.1) is 6.61 Å². The van der Waals surface area contributed by atoms with Crippen LogP contribution >= 0.6 is 7.82 Å². The van der Waals surface area contributed by atoms with Crippen molar-refractivity contribution in [2.24, 2.45) is 0 Å². The Balaban J connectivity index is 2.39. The predicted molar refractivity (Wildman–Crippen MR) is 254 cm³/mol. The lowest BCUT2D eigenvalue weighted by Crippen LogP contribution is -2.64. The van der Waals surface area contributed by atoms with E-state index in [2.05, 4.69) is 26.0 Å². The Morgan fingerprint density at radius 3 is 1.22 bits per heavy atom. The molecule has 6 unspecified atom stereocenters. The third kappa shape index (κ3) is 32.3. The third-order valence-corrected chi connectivity index (χ3v) is 13.3. The Labute approximate surface area is 388 Å². The number of carbonyl (C=O) groups is 2. The zero-order chi connectivity index (χ0) is 47.1. The molecule has 378 valence electrons. The number of phosphoric ester groups is 1. The van der Waals surface area contributed by atoms with Gasteiger partial charge in [-0.1, -0.05) is 199 Å². The van der Waals surface area contributed by atoms with E-state index < -0.39 is 75.7 Å². The second kappa shape index (κ2) is 40.6. The van der Waals surface area contributed by atoms with Crippen molar-refractivity contribution in [1.29, 1.82) is 0 Å². The lowest BCUT2D eigenvalue weighted by Gasteiger charge is -2.41. The van der Waals surface area contributed by atoms with Gasteiger partial charge in [-0.25, -0.2) is 4.57 Å². The van der Waals surface area contributed by atoms with Crippen LogP contribution in [0.2, 0.25) is 0 Å². The molecule has 0 saturated heterocycles. The van der Waals surface area contributed by atoms with Crippen LogP contribution in [0.3, 0.4) is 0 Å². The van der Waals surface area contributed by atoms with Gasteiger partial charge in [0.1, 0.15) is 43.2 Å². The van der Waals surface area contributed by atoms with Crippen molar-refractivity contribution in [2.75, 3.05) is 13.2 Å². The molecular weight excluding hydrogens is 840 g/mol. The Bertz CT molecular complexity index is 1170. The summed E-state index contributed by atoms with van der Waals surface area (Å²) in [6.07, 6.45) is 31.2. The van der Waals surface area contributed by atoms with Crippen LogP contribution in [0.4, 0.5) is 0 Å². The minimum Gasteiger partial charge on any atom is -0.462 e. The van der Waals surface area contributed by atoms with E-state index in [9.17, 15) is 44.6 Å². The molecule has 0 radical (unpaired) electrons. The number of rotatable bonds is 44. The van der Waals surface area contributed by atoms with Crippen LogP contribution in [-0.4, -0.2) is 98.3 Å². The highest BCUT2D eigenvalue weighted by molar-refractivity contribution is 7.47. The van der Waals surface area contributed by atoms with Gasteiger partial charge in [0.2, 0.25) is 0 Å². The average Bonchev–Trinajstić information content (AvgIpc) is 3.28. The van der Waals surface area contributed by atoms with Gasteiger partial charge in [-0.15, -0.1) is 0 Å². The maximum Gasteiger partial charge on any atom is 0.472 e. The molecule has 13 nitrogen and oxygen atoms in total. The molecular formula is C50H95O13P. The first-order chi connectivity index (χ1) is 30.9. The second-order valence-electron chi connectivity index (χ2n) is 18.4. The first kappa shape index (κ1) is 60.6. The van der Waals surface area contributed by atoms with Gasteiger partial charge in [0.25, 0.3) is 0 Å². The topological polar surface area (TPSA) is 210 Å². The summed E-state index contributed by atoms with van der Waals surface area (Å²) >= 11 is 0. The quantitative estimate of drug-likeness (QED) is 0.0146. The van der Waals surface area contributed by atoms with E-state index in [0.717, 1.165) is 38.5 Å². The van der Waals surface area contributed by atoms with Crippen LogP contribution in [0.5, 0.6) is 0 Å². The molecule has 1 fully saturated rings. The number of allylic oxidation sites excluding steroid dienone is 2. The summed E-state index contributed by atoms with van der Waals surface area (Å²) in [5.41, 5.74) is 0. The largest absolute Gasteiger partial charge is 0.472 e. The zero-order valence-electron chi connectivity index (χ0n) is 40.3. The van der Waals surface area contributed by atoms with Gasteiger partial charge in [-0.05, 0) is 38.5 Å². The van der Waals surface area contributed by atoms with Crippen molar-refractivity contribution < 1.29 is 63.1 Å². The first-order valence-corrected chi connectivity index (χ1v) is 27.5. The average molecular weight is 935 g/mol. The highest BCUT2D eigenvalue weighted by Gasteiger charge is 2.51. The first-order valence-electron chi connectivity index (χ1n) is 26.0. The third-order valence-electron chi connectivity index (χ3n) is 12.4. The van der Waals surface area contributed by atoms with E-state index in [1.165, 1.54) is 161 Å². The minimum absolute atomic E-state index is 0.0991. The monoisotopic (exact) mass is 935 g/mol. The molecule has 0 heterocycles. The number of hydrogen-bond donors (Lipinski definition) is 6. The molecule has 0 spiro atoms. The van der Waals surface area contributed by atoms with Crippen molar-refractivity contribution in [3.63, 3.8) is 0 Å². The normalized spacial score (nSPS) is 21.6. The molecule has 0 amide bonds. The van der Waals surface area contributed by atoms with Gasteiger partial charge in [-0.3, -0.25) is 18.6 Å². The molecule has 0 aliphatic heterocycles. The maximum atomic E-state index is 12.8. The van der Waals surface area contributed by atoms with E-state index in [-0.39, 0.29) is 12.8 Å². The molecule has 0 aromatic carbocycles. The lowest BCUT2D eigenvalue weighted by atomic mass is 9.85. The number of unbranched alkanes of at least 4 members (excludes halogenated alkanes) is 30. The van der Waals surface area contributed by atoms with Crippen molar-refractivity contribution in [3.8, 4) is 0 Å².